The first-order valence-electron chi connectivity index (χ1n) is 5.24. The number of pyridine rings is 1. The number of hydrogen-bond acceptors (Lipinski definition) is 4. The molecule has 0 aliphatic carbocycles. The van der Waals surface area contributed by atoms with Crippen LogP contribution in [0.3, 0.4) is 0 Å². The maximum Gasteiger partial charge on any atom is 0.126 e. The predicted octanol–water partition coefficient (Wildman–Crippen LogP) is 3.08. The third kappa shape index (κ3) is 2.58. The molecule has 0 atom stereocenters. The zero-order chi connectivity index (χ0) is 11.5. The lowest BCUT2D eigenvalue weighted by molar-refractivity contribution is 1.08. The van der Waals surface area contributed by atoms with Crippen LogP contribution in [0.2, 0.25) is 0 Å². The van der Waals surface area contributed by atoms with E-state index in [4.69, 9.17) is 0 Å². The Morgan fingerprint density at radius 1 is 1.31 bits per heavy atom. The number of thiazole rings is 1. The van der Waals surface area contributed by atoms with E-state index < -0.39 is 0 Å². The van der Waals surface area contributed by atoms with Crippen molar-refractivity contribution in [1.82, 2.24) is 9.97 Å². The minimum absolute atomic E-state index is 0.799. The molecule has 84 valence electrons. The minimum atomic E-state index is 0.799. The monoisotopic (exact) mass is 233 g/mol. The summed E-state index contributed by atoms with van der Waals surface area (Å²) in [5.41, 5.74) is 2.33. The highest BCUT2D eigenvalue weighted by atomic mass is 32.1. The van der Waals surface area contributed by atoms with Crippen molar-refractivity contribution in [3.05, 3.63) is 39.5 Å². The van der Waals surface area contributed by atoms with E-state index in [9.17, 15) is 0 Å². The average Bonchev–Trinajstić information content (AvgIpc) is 2.54. The van der Waals surface area contributed by atoms with Crippen molar-refractivity contribution in [3.8, 4) is 0 Å². The molecule has 2 aromatic rings. The van der Waals surface area contributed by atoms with Crippen LogP contribution in [-0.4, -0.2) is 9.97 Å². The van der Waals surface area contributed by atoms with Crippen LogP contribution in [0, 0.1) is 20.8 Å². The van der Waals surface area contributed by atoms with Crippen molar-refractivity contribution < 1.29 is 0 Å². The largest absolute Gasteiger partial charge is 0.365 e. The number of rotatable bonds is 3. The standard InChI is InChI=1S/C12H15N3S/c1-8-4-5-13-12(6-8)14-7-11-9(2)15-10(3)16-11/h4-6H,7H2,1-3H3,(H,13,14). The third-order valence-corrected chi connectivity index (χ3v) is 3.42. The fourth-order valence-corrected chi connectivity index (χ4v) is 2.42. The molecule has 0 aliphatic rings. The van der Waals surface area contributed by atoms with Crippen molar-refractivity contribution in [2.24, 2.45) is 0 Å². The third-order valence-electron chi connectivity index (χ3n) is 2.35. The molecule has 0 fully saturated rings. The topological polar surface area (TPSA) is 37.8 Å². The molecule has 16 heavy (non-hydrogen) atoms. The van der Waals surface area contributed by atoms with Gasteiger partial charge in [0.05, 0.1) is 17.2 Å². The molecule has 0 amide bonds. The molecule has 2 aromatic heterocycles. The summed E-state index contributed by atoms with van der Waals surface area (Å²) in [6.07, 6.45) is 1.82. The van der Waals surface area contributed by atoms with Crippen LogP contribution in [0.5, 0.6) is 0 Å². The Morgan fingerprint density at radius 2 is 2.12 bits per heavy atom. The normalized spacial score (nSPS) is 10.4. The predicted molar refractivity (Wildman–Crippen MR) is 67.9 cm³/mol. The van der Waals surface area contributed by atoms with Gasteiger partial charge in [-0.15, -0.1) is 11.3 Å². The quantitative estimate of drug-likeness (QED) is 0.885. The Hall–Kier alpha value is -1.42. The highest BCUT2D eigenvalue weighted by molar-refractivity contribution is 7.11. The Balaban J connectivity index is 2.05. The number of aryl methyl sites for hydroxylation is 3. The van der Waals surface area contributed by atoms with Crippen molar-refractivity contribution in [2.45, 2.75) is 27.3 Å². The van der Waals surface area contributed by atoms with Gasteiger partial charge >= 0.3 is 0 Å². The Bertz CT molecular complexity index is 491. The van der Waals surface area contributed by atoms with E-state index in [1.54, 1.807) is 11.3 Å². The fraction of sp³-hybridized carbons (Fsp3) is 0.333. The summed E-state index contributed by atoms with van der Waals surface area (Å²) in [5, 5.41) is 4.43. The van der Waals surface area contributed by atoms with E-state index in [2.05, 4.69) is 22.2 Å². The second-order valence-electron chi connectivity index (χ2n) is 3.81. The molecule has 0 unspecified atom stereocenters. The molecule has 2 heterocycles. The van der Waals surface area contributed by atoms with E-state index in [0.29, 0.717) is 0 Å². The molecule has 0 aliphatic heterocycles. The summed E-state index contributed by atoms with van der Waals surface area (Å²) in [7, 11) is 0. The zero-order valence-corrected chi connectivity index (χ0v) is 10.6. The second-order valence-corrected chi connectivity index (χ2v) is 5.10. The second kappa shape index (κ2) is 4.61. The SMILES string of the molecule is Cc1ccnc(NCc2sc(C)nc2C)c1. The fourth-order valence-electron chi connectivity index (χ4n) is 1.54. The first kappa shape index (κ1) is 11.1. The van der Waals surface area contributed by atoms with Gasteiger partial charge in [0.15, 0.2) is 0 Å². The molecule has 0 aromatic carbocycles. The van der Waals surface area contributed by atoms with Gasteiger partial charge in [-0.25, -0.2) is 9.97 Å². The Morgan fingerprint density at radius 3 is 2.75 bits per heavy atom. The minimum Gasteiger partial charge on any atom is -0.365 e. The molecule has 2 rings (SSSR count). The maximum atomic E-state index is 4.40. The molecule has 0 spiro atoms. The lowest BCUT2D eigenvalue weighted by Crippen LogP contribution is -2.00. The lowest BCUT2D eigenvalue weighted by Gasteiger charge is -2.04. The number of aromatic nitrogens is 2. The van der Waals surface area contributed by atoms with E-state index in [1.165, 1.54) is 10.4 Å². The lowest BCUT2D eigenvalue weighted by atomic mass is 10.3. The van der Waals surface area contributed by atoms with E-state index in [-0.39, 0.29) is 0 Å². The van der Waals surface area contributed by atoms with Gasteiger partial charge < -0.3 is 5.32 Å². The molecule has 0 radical (unpaired) electrons. The molecule has 0 saturated heterocycles. The van der Waals surface area contributed by atoms with Gasteiger partial charge in [0.2, 0.25) is 0 Å². The summed E-state index contributed by atoms with van der Waals surface area (Å²) < 4.78 is 0. The molecule has 4 heteroatoms. The van der Waals surface area contributed by atoms with Gasteiger partial charge in [-0.05, 0) is 38.5 Å². The highest BCUT2D eigenvalue weighted by Gasteiger charge is 2.04. The number of hydrogen-bond donors (Lipinski definition) is 1. The van der Waals surface area contributed by atoms with Gasteiger partial charge in [0, 0.05) is 11.1 Å². The molecule has 0 bridgehead atoms. The van der Waals surface area contributed by atoms with Crippen LogP contribution in [-0.2, 0) is 6.54 Å². The summed E-state index contributed by atoms with van der Waals surface area (Å²) in [5.74, 6) is 0.922. The van der Waals surface area contributed by atoms with E-state index >= 15 is 0 Å². The molecular weight excluding hydrogens is 218 g/mol. The van der Waals surface area contributed by atoms with Crippen LogP contribution in [0.25, 0.3) is 0 Å². The van der Waals surface area contributed by atoms with Crippen molar-refractivity contribution in [2.75, 3.05) is 5.32 Å². The Kier molecular flexibility index (Phi) is 3.19. The number of nitrogens with zero attached hydrogens (tertiary/aromatic N) is 2. The summed E-state index contributed by atoms with van der Waals surface area (Å²) in [6.45, 7) is 6.94. The van der Waals surface area contributed by atoms with Crippen molar-refractivity contribution in [1.29, 1.82) is 0 Å². The average molecular weight is 233 g/mol. The molecule has 3 nitrogen and oxygen atoms in total. The van der Waals surface area contributed by atoms with Crippen LogP contribution in [0.1, 0.15) is 21.1 Å². The number of anilines is 1. The molecule has 1 N–H and O–H groups in total. The first-order chi connectivity index (χ1) is 7.65. The van der Waals surface area contributed by atoms with Gasteiger partial charge in [0.25, 0.3) is 0 Å². The summed E-state index contributed by atoms with van der Waals surface area (Å²) >= 11 is 1.74. The van der Waals surface area contributed by atoms with Crippen molar-refractivity contribution >= 4 is 17.2 Å². The van der Waals surface area contributed by atoms with Gasteiger partial charge in [0.1, 0.15) is 5.82 Å². The Labute approximate surface area is 99.6 Å². The van der Waals surface area contributed by atoms with E-state index in [0.717, 1.165) is 23.1 Å². The van der Waals surface area contributed by atoms with Crippen LogP contribution in [0.4, 0.5) is 5.82 Å². The van der Waals surface area contributed by atoms with Crippen LogP contribution >= 0.6 is 11.3 Å². The van der Waals surface area contributed by atoms with Gasteiger partial charge in [-0.3, -0.25) is 0 Å². The molecule has 0 saturated carbocycles. The summed E-state index contributed by atoms with van der Waals surface area (Å²) in [4.78, 5) is 9.94. The van der Waals surface area contributed by atoms with Gasteiger partial charge in [-0.2, -0.15) is 0 Å². The molecular formula is C12H15N3S. The van der Waals surface area contributed by atoms with Crippen LogP contribution in [0.15, 0.2) is 18.3 Å². The van der Waals surface area contributed by atoms with E-state index in [1.807, 2.05) is 32.2 Å². The highest BCUT2D eigenvalue weighted by Crippen LogP contribution is 2.18. The maximum absolute atomic E-state index is 4.40. The smallest absolute Gasteiger partial charge is 0.126 e. The zero-order valence-electron chi connectivity index (χ0n) is 9.74. The van der Waals surface area contributed by atoms with Crippen molar-refractivity contribution in [3.63, 3.8) is 0 Å². The van der Waals surface area contributed by atoms with Crippen LogP contribution < -0.4 is 5.32 Å². The van der Waals surface area contributed by atoms with Gasteiger partial charge in [-0.1, -0.05) is 0 Å². The summed E-state index contributed by atoms with van der Waals surface area (Å²) in [6, 6.07) is 4.04. The first-order valence-corrected chi connectivity index (χ1v) is 6.06. The number of nitrogens with one attached hydrogen (secondary N) is 1.